The number of carbonyl (C=O) groups excluding carboxylic acids is 2. The first-order valence-electron chi connectivity index (χ1n) is 7.84. The van der Waals surface area contributed by atoms with Gasteiger partial charge in [-0.1, -0.05) is 12.1 Å². The summed E-state index contributed by atoms with van der Waals surface area (Å²) in [6.45, 7) is 1.40. The van der Waals surface area contributed by atoms with E-state index in [1.165, 1.54) is 11.8 Å². The summed E-state index contributed by atoms with van der Waals surface area (Å²) in [5.41, 5.74) is 2.30. The minimum Gasteiger partial charge on any atom is -0.338 e. The molecule has 1 saturated heterocycles. The highest BCUT2D eigenvalue weighted by atomic mass is 32.2. The molecule has 0 aliphatic carbocycles. The van der Waals surface area contributed by atoms with Crippen LogP contribution < -0.4 is 5.32 Å². The smallest absolute Gasteiger partial charge is 0.258 e. The fourth-order valence-corrected chi connectivity index (χ4v) is 3.31. The van der Waals surface area contributed by atoms with Crippen LogP contribution in [0.1, 0.15) is 28.8 Å². The molecule has 6 heteroatoms. The second-order valence-electron chi connectivity index (χ2n) is 5.63. The Labute approximate surface area is 145 Å². The van der Waals surface area contributed by atoms with Gasteiger partial charge in [0.05, 0.1) is 5.56 Å². The SMILES string of the molecule is CSc1ncccc1C(=O)Nc1cccc(CN2CCCC2=O)c1. The average molecular weight is 341 g/mol. The van der Waals surface area contributed by atoms with Crippen molar-refractivity contribution >= 4 is 29.3 Å². The average Bonchev–Trinajstić information content (AvgIpc) is 3.00. The van der Waals surface area contributed by atoms with E-state index in [1.54, 1.807) is 18.3 Å². The molecule has 24 heavy (non-hydrogen) atoms. The number of thioether (sulfide) groups is 1. The van der Waals surface area contributed by atoms with Gasteiger partial charge in [0.15, 0.2) is 0 Å². The van der Waals surface area contributed by atoms with Gasteiger partial charge in [-0.3, -0.25) is 9.59 Å². The lowest BCUT2D eigenvalue weighted by Gasteiger charge is -2.16. The quantitative estimate of drug-likeness (QED) is 0.849. The summed E-state index contributed by atoms with van der Waals surface area (Å²) < 4.78 is 0. The van der Waals surface area contributed by atoms with E-state index in [4.69, 9.17) is 0 Å². The maximum atomic E-state index is 12.5. The van der Waals surface area contributed by atoms with Crippen LogP contribution in [-0.4, -0.2) is 34.5 Å². The molecule has 1 aromatic carbocycles. The molecule has 3 rings (SSSR count). The highest BCUT2D eigenvalue weighted by Gasteiger charge is 2.20. The number of amides is 2. The van der Waals surface area contributed by atoms with Crippen LogP contribution in [0.3, 0.4) is 0 Å². The summed E-state index contributed by atoms with van der Waals surface area (Å²) in [6, 6.07) is 11.1. The first kappa shape index (κ1) is 16.5. The molecular formula is C18H19N3O2S. The Balaban J connectivity index is 1.72. The van der Waals surface area contributed by atoms with Crippen LogP contribution in [0.4, 0.5) is 5.69 Å². The zero-order valence-electron chi connectivity index (χ0n) is 13.5. The molecule has 1 aliphatic rings. The van der Waals surface area contributed by atoms with Gasteiger partial charge in [-0.25, -0.2) is 4.98 Å². The molecule has 2 heterocycles. The fraction of sp³-hybridized carbons (Fsp3) is 0.278. The van der Waals surface area contributed by atoms with E-state index in [2.05, 4.69) is 10.3 Å². The van der Waals surface area contributed by atoms with Crippen LogP contribution in [0, 0.1) is 0 Å². The summed E-state index contributed by atoms with van der Waals surface area (Å²) >= 11 is 1.44. The minimum atomic E-state index is -0.179. The third kappa shape index (κ3) is 3.76. The predicted octanol–water partition coefficient (Wildman–Crippen LogP) is 3.18. The lowest BCUT2D eigenvalue weighted by Crippen LogP contribution is -2.23. The van der Waals surface area contributed by atoms with E-state index < -0.39 is 0 Å². The van der Waals surface area contributed by atoms with Gasteiger partial charge in [0.2, 0.25) is 5.91 Å². The third-order valence-electron chi connectivity index (χ3n) is 3.94. The number of hydrogen-bond acceptors (Lipinski definition) is 4. The van der Waals surface area contributed by atoms with Gasteiger partial charge in [0, 0.05) is 31.4 Å². The Morgan fingerprint density at radius 3 is 2.96 bits per heavy atom. The molecule has 0 spiro atoms. The van der Waals surface area contributed by atoms with Crippen molar-refractivity contribution in [2.75, 3.05) is 18.1 Å². The highest BCUT2D eigenvalue weighted by molar-refractivity contribution is 7.98. The molecule has 2 amide bonds. The van der Waals surface area contributed by atoms with Crippen LogP contribution in [0.2, 0.25) is 0 Å². The molecule has 0 saturated carbocycles. The maximum Gasteiger partial charge on any atom is 0.258 e. The first-order chi connectivity index (χ1) is 11.7. The van der Waals surface area contributed by atoms with Crippen molar-refractivity contribution in [1.82, 2.24) is 9.88 Å². The van der Waals surface area contributed by atoms with Gasteiger partial charge in [0.25, 0.3) is 5.91 Å². The Morgan fingerprint density at radius 2 is 2.21 bits per heavy atom. The van der Waals surface area contributed by atoms with E-state index in [1.807, 2.05) is 35.4 Å². The second kappa shape index (κ2) is 7.49. The van der Waals surface area contributed by atoms with Crippen molar-refractivity contribution in [2.24, 2.45) is 0 Å². The summed E-state index contributed by atoms with van der Waals surface area (Å²) in [4.78, 5) is 30.3. The summed E-state index contributed by atoms with van der Waals surface area (Å²) in [6.07, 6.45) is 5.13. The molecule has 0 atom stereocenters. The largest absolute Gasteiger partial charge is 0.338 e. The monoisotopic (exact) mass is 341 g/mol. The topological polar surface area (TPSA) is 62.3 Å². The van der Waals surface area contributed by atoms with Crippen molar-refractivity contribution in [3.63, 3.8) is 0 Å². The lowest BCUT2D eigenvalue weighted by molar-refractivity contribution is -0.128. The number of nitrogens with zero attached hydrogens (tertiary/aromatic N) is 2. The number of likely N-dealkylation sites (tertiary alicyclic amines) is 1. The number of pyridine rings is 1. The molecule has 1 fully saturated rings. The Kier molecular flexibility index (Phi) is 5.15. The predicted molar refractivity (Wildman–Crippen MR) is 95.1 cm³/mol. The van der Waals surface area contributed by atoms with Crippen LogP contribution in [-0.2, 0) is 11.3 Å². The van der Waals surface area contributed by atoms with E-state index in [9.17, 15) is 9.59 Å². The van der Waals surface area contributed by atoms with Gasteiger partial charge in [0.1, 0.15) is 5.03 Å². The zero-order chi connectivity index (χ0) is 16.9. The maximum absolute atomic E-state index is 12.5. The molecule has 1 aliphatic heterocycles. The number of carbonyl (C=O) groups is 2. The number of anilines is 1. The second-order valence-corrected chi connectivity index (χ2v) is 6.43. The zero-order valence-corrected chi connectivity index (χ0v) is 14.3. The van der Waals surface area contributed by atoms with Crippen molar-refractivity contribution in [2.45, 2.75) is 24.4 Å². The standard InChI is InChI=1S/C18H19N3O2S/c1-24-18-15(7-3-9-19-18)17(23)20-14-6-2-5-13(11-14)12-21-10-4-8-16(21)22/h2-3,5-7,9,11H,4,8,10,12H2,1H3,(H,20,23). The number of nitrogens with one attached hydrogen (secondary N) is 1. The van der Waals surface area contributed by atoms with Crippen LogP contribution >= 0.6 is 11.8 Å². The molecule has 5 nitrogen and oxygen atoms in total. The van der Waals surface area contributed by atoms with E-state index >= 15 is 0 Å². The minimum absolute atomic E-state index is 0.179. The summed E-state index contributed by atoms with van der Waals surface area (Å²) in [5.74, 6) is 0.0197. The number of hydrogen-bond donors (Lipinski definition) is 1. The van der Waals surface area contributed by atoms with Crippen LogP contribution in [0.15, 0.2) is 47.6 Å². The van der Waals surface area contributed by atoms with Gasteiger partial charge in [-0.2, -0.15) is 0 Å². The van der Waals surface area contributed by atoms with E-state index in [0.29, 0.717) is 23.6 Å². The molecule has 2 aromatic rings. The summed E-state index contributed by atoms with van der Waals surface area (Å²) in [5, 5.41) is 3.62. The van der Waals surface area contributed by atoms with Crippen molar-refractivity contribution in [1.29, 1.82) is 0 Å². The molecule has 0 bridgehead atoms. The number of rotatable bonds is 5. The van der Waals surface area contributed by atoms with Gasteiger partial charge in [-0.05, 0) is 42.5 Å². The van der Waals surface area contributed by atoms with Crippen molar-refractivity contribution in [3.05, 3.63) is 53.7 Å². The van der Waals surface area contributed by atoms with Crippen LogP contribution in [0.25, 0.3) is 0 Å². The number of aromatic nitrogens is 1. The molecule has 124 valence electrons. The molecule has 0 unspecified atom stereocenters. The Bertz CT molecular complexity index is 763. The van der Waals surface area contributed by atoms with Crippen molar-refractivity contribution < 1.29 is 9.59 Å². The fourth-order valence-electron chi connectivity index (χ4n) is 2.76. The molecule has 1 aromatic heterocycles. The van der Waals surface area contributed by atoms with Crippen LogP contribution in [0.5, 0.6) is 0 Å². The Morgan fingerprint density at radius 1 is 1.33 bits per heavy atom. The van der Waals surface area contributed by atoms with Gasteiger partial charge >= 0.3 is 0 Å². The third-order valence-corrected chi connectivity index (χ3v) is 4.65. The van der Waals surface area contributed by atoms with Gasteiger partial charge < -0.3 is 10.2 Å². The lowest BCUT2D eigenvalue weighted by atomic mass is 10.2. The molecule has 0 radical (unpaired) electrons. The van der Waals surface area contributed by atoms with Crippen molar-refractivity contribution in [3.8, 4) is 0 Å². The van der Waals surface area contributed by atoms with E-state index in [0.717, 1.165) is 24.2 Å². The first-order valence-corrected chi connectivity index (χ1v) is 9.07. The Hall–Kier alpha value is -2.34. The number of benzene rings is 1. The van der Waals surface area contributed by atoms with E-state index in [-0.39, 0.29) is 11.8 Å². The molecular weight excluding hydrogens is 322 g/mol. The normalized spacial score (nSPS) is 14.0. The van der Waals surface area contributed by atoms with Gasteiger partial charge in [-0.15, -0.1) is 11.8 Å². The molecule has 1 N–H and O–H groups in total. The summed E-state index contributed by atoms with van der Waals surface area (Å²) in [7, 11) is 0. The highest BCUT2D eigenvalue weighted by Crippen LogP contribution is 2.20.